The topological polar surface area (TPSA) is 70.4 Å². The lowest BCUT2D eigenvalue weighted by Crippen LogP contribution is -2.28. The van der Waals surface area contributed by atoms with Crippen molar-refractivity contribution in [3.05, 3.63) is 28.4 Å². The number of hydrogen-bond donors (Lipinski definition) is 0. The summed E-state index contributed by atoms with van der Waals surface area (Å²) in [4.78, 5) is 24.3. The van der Waals surface area contributed by atoms with Crippen molar-refractivity contribution in [2.45, 2.75) is 33.3 Å². The van der Waals surface area contributed by atoms with Crippen LogP contribution in [-0.4, -0.2) is 34.1 Å². The zero-order chi connectivity index (χ0) is 16.5. The maximum absolute atomic E-state index is 12.3. The molecule has 0 radical (unpaired) electrons. The standard InChI is InChI=1S/C15H17BrN2O4/c1-5-21-13(19)12-10-7-6-9(16)8-11(10)18(17-12)14(20)22-15(2,3)4/h6-8H,5H2,1-4H3. The first-order chi connectivity index (χ1) is 10.2. The fraction of sp³-hybridized carbons (Fsp3) is 0.400. The van der Waals surface area contributed by atoms with Crippen LogP contribution in [0, 0.1) is 0 Å². The zero-order valence-electron chi connectivity index (χ0n) is 12.8. The van der Waals surface area contributed by atoms with E-state index in [2.05, 4.69) is 21.0 Å². The number of hydrogen-bond acceptors (Lipinski definition) is 5. The first-order valence-electron chi connectivity index (χ1n) is 6.81. The number of fused-ring (bicyclic) bond motifs is 1. The zero-order valence-corrected chi connectivity index (χ0v) is 14.4. The highest BCUT2D eigenvalue weighted by molar-refractivity contribution is 9.10. The van der Waals surface area contributed by atoms with Crippen LogP contribution in [0.3, 0.4) is 0 Å². The molecule has 2 aromatic rings. The van der Waals surface area contributed by atoms with E-state index in [0.29, 0.717) is 10.9 Å². The normalized spacial score (nSPS) is 11.5. The molecule has 1 heterocycles. The highest BCUT2D eigenvalue weighted by Gasteiger charge is 2.25. The third kappa shape index (κ3) is 3.47. The number of esters is 1. The van der Waals surface area contributed by atoms with Gasteiger partial charge in [0.1, 0.15) is 5.60 Å². The third-order valence-electron chi connectivity index (χ3n) is 2.68. The largest absolute Gasteiger partial charge is 0.461 e. The summed E-state index contributed by atoms with van der Waals surface area (Å²) in [5.74, 6) is -0.572. The highest BCUT2D eigenvalue weighted by Crippen LogP contribution is 2.24. The summed E-state index contributed by atoms with van der Waals surface area (Å²) in [6, 6.07) is 5.18. The monoisotopic (exact) mass is 368 g/mol. The van der Waals surface area contributed by atoms with Crippen molar-refractivity contribution >= 4 is 38.9 Å². The molecule has 0 spiro atoms. The van der Waals surface area contributed by atoms with Gasteiger partial charge in [-0.1, -0.05) is 15.9 Å². The summed E-state index contributed by atoms with van der Waals surface area (Å²) >= 11 is 3.34. The molecule has 0 N–H and O–H groups in total. The molecule has 0 aliphatic rings. The molecule has 7 heteroatoms. The van der Waals surface area contributed by atoms with Crippen molar-refractivity contribution in [3.63, 3.8) is 0 Å². The van der Waals surface area contributed by atoms with Crippen molar-refractivity contribution in [1.82, 2.24) is 9.78 Å². The molecule has 1 aromatic carbocycles. The van der Waals surface area contributed by atoms with Crippen LogP contribution in [0.5, 0.6) is 0 Å². The van der Waals surface area contributed by atoms with Crippen molar-refractivity contribution in [1.29, 1.82) is 0 Å². The molecule has 22 heavy (non-hydrogen) atoms. The van der Waals surface area contributed by atoms with Gasteiger partial charge < -0.3 is 9.47 Å². The van der Waals surface area contributed by atoms with E-state index in [9.17, 15) is 9.59 Å². The van der Waals surface area contributed by atoms with Crippen molar-refractivity contribution in [2.24, 2.45) is 0 Å². The molecular formula is C15H17BrN2O4. The second kappa shape index (κ2) is 6.08. The van der Waals surface area contributed by atoms with E-state index in [1.165, 1.54) is 0 Å². The Morgan fingerprint density at radius 2 is 2.00 bits per heavy atom. The van der Waals surface area contributed by atoms with Crippen LogP contribution in [-0.2, 0) is 9.47 Å². The molecule has 0 saturated carbocycles. The van der Waals surface area contributed by atoms with Crippen molar-refractivity contribution in [3.8, 4) is 0 Å². The van der Waals surface area contributed by atoms with E-state index >= 15 is 0 Å². The number of benzene rings is 1. The number of carbonyl (C=O) groups excluding carboxylic acids is 2. The quantitative estimate of drug-likeness (QED) is 0.754. The lowest BCUT2D eigenvalue weighted by molar-refractivity contribution is 0.0505. The molecule has 0 aliphatic carbocycles. The molecule has 118 valence electrons. The van der Waals surface area contributed by atoms with Gasteiger partial charge >= 0.3 is 12.1 Å². The fourth-order valence-electron chi connectivity index (χ4n) is 1.88. The first-order valence-corrected chi connectivity index (χ1v) is 7.61. The van der Waals surface area contributed by atoms with Crippen LogP contribution in [0.2, 0.25) is 0 Å². The number of halogens is 1. The third-order valence-corrected chi connectivity index (χ3v) is 3.17. The van der Waals surface area contributed by atoms with Crippen molar-refractivity contribution < 1.29 is 19.1 Å². The maximum Gasteiger partial charge on any atom is 0.435 e. The molecule has 6 nitrogen and oxygen atoms in total. The number of nitrogens with zero attached hydrogens (tertiary/aromatic N) is 2. The van der Waals surface area contributed by atoms with Crippen molar-refractivity contribution in [2.75, 3.05) is 6.61 Å². The molecule has 0 fully saturated rings. The predicted octanol–water partition coefficient (Wildman–Crippen LogP) is 3.76. The van der Waals surface area contributed by atoms with Crippen LogP contribution in [0.4, 0.5) is 4.79 Å². The van der Waals surface area contributed by atoms with E-state index in [0.717, 1.165) is 9.15 Å². The minimum Gasteiger partial charge on any atom is -0.461 e. The second-order valence-corrected chi connectivity index (χ2v) is 6.54. The van der Waals surface area contributed by atoms with E-state index in [4.69, 9.17) is 9.47 Å². The second-order valence-electron chi connectivity index (χ2n) is 5.62. The predicted molar refractivity (Wildman–Crippen MR) is 85.0 cm³/mol. The number of carbonyl (C=O) groups is 2. The molecule has 0 saturated heterocycles. The SMILES string of the molecule is CCOC(=O)c1nn(C(=O)OC(C)(C)C)c2cc(Br)ccc12. The average molecular weight is 369 g/mol. The average Bonchev–Trinajstić information content (AvgIpc) is 2.75. The Bertz CT molecular complexity index is 731. The molecule has 0 bridgehead atoms. The van der Waals surface area contributed by atoms with Gasteiger partial charge in [-0.2, -0.15) is 9.78 Å². The Kier molecular flexibility index (Phi) is 4.55. The van der Waals surface area contributed by atoms with E-state index in [-0.39, 0.29) is 12.3 Å². The summed E-state index contributed by atoms with van der Waals surface area (Å²) in [6.45, 7) is 7.23. The lowest BCUT2D eigenvalue weighted by atomic mass is 10.2. The number of rotatable bonds is 2. The van der Waals surface area contributed by atoms with Crippen LogP contribution in [0.25, 0.3) is 10.9 Å². The summed E-state index contributed by atoms with van der Waals surface area (Å²) in [5.41, 5.74) is -0.0901. The molecular weight excluding hydrogens is 352 g/mol. The highest BCUT2D eigenvalue weighted by atomic mass is 79.9. The smallest absolute Gasteiger partial charge is 0.435 e. The summed E-state index contributed by atoms with van der Waals surface area (Å²) < 4.78 is 12.1. The minimum atomic E-state index is -0.661. The van der Waals surface area contributed by atoms with E-state index in [1.807, 2.05) is 0 Å². The van der Waals surface area contributed by atoms with Crippen LogP contribution in [0.15, 0.2) is 22.7 Å². The molecule has 0 aliphatic heterocycles. The molecule has 0 unspecified atom stereocenters. The Morgan fingerprint density at radius 3 is 2.59 bits per heavy atom. The van der Waals surface area contributed by atoms with Gasteiger partial charge in [0.25, 0.3) is 0 Å². The van der Waals surface area contributed by atoms with Gasteiger partial charge in [-0.25, -0.2) is 9.59 Å². The van der Waals surface area contributed by atoms with Gasteiger partial charge in [0.15, 0.2) is 5.69 Å². The van der Waals surface area contributed by atoms with Crippen LogP contribution >= 0.6 is 15.9 Å². The molecule has 1 aromatic heterocycles. The van der Waals surface area contributed by atoms with E-state index < -0.39 is 17.7 Å². The maximum atomic E-state index is 12.3. The van der Waals surface area contributed by atoms with E-state index in [1.54, 1.807) is 45.9 Å². The summed E-state index contributed by atoms with van der Waals surface area (Å²) in [5, 5.41) is 4.61. The molecule has 0 atom stereocenters. The van der Waals surface area contributed by atoms with Gasteiger partial charge in [-0.15, -0.1) is 0 Å². The summed E-state index contributed by atoms with van der Waals surface area (Å²) in [7, 11) is 0. The van der Waals surface area contributed by atoms with Crippen LogP contribution in [0.1, 0.15) is 38.2 Å². The minimum absolute atomic E-state index is 0.0928. The Balaban J connectivity index is 2.56. The van der Waals surface area contributed by atoms with Gasteiger partial charge in [0.2, 0.25) is 0 Å². The number of ether oxygens (including phenoxy) is 2. The summed E-state index contributed by atoms with van der Waals surface area (Å²) in [6.07, 6.45) is -0.647. The van der Waals surface area contributed by atoms with Gasteiger partial charge in [0, 0.05) is 9.86 Å². The molecule has 2 rings (SSSR count). The number of aromatic nitrogens is 2. The van der Waals surface area contributed by atoms with Gasteiger partial charge in [-0.05, 0) is 45.9 Å². The Hall–Kier alpha value is -1.89. The van der Waals surface area contributed by atoms with Gasteiger partial charge in [0.05, 0.1) is 12.1 Å². The Labute approximate surface area is 136 Å². The lowest BCUT2D eigenvalue weighted by Gasteiger charge is -2.19. The van der Waals surface area contributed by atoms with Crippen LogP contribution < -0.4 is 0 Å². The van der Waals surface area contributed by atoms with Gasteiger partial charge in [-0.3, -0.25) is 0 Å². The first kappa shape index (κ1) is 16.5. The molecule has 0 amide bonds. The Morgan fingerprint density at radius 1 is 1.32 bits per heavy atom. The fourth-order valence-corrected chi connectivity index (χ4v) is 2.23.